The predicted molar refractivity (Wildman–Crippen MR) is 264 cm³/mol. The number of furan rings is 1. The normalized spacial score (nSPS) is 11.8. The van der Waals surface area contributed by atoms with Crippen LogP contribution in [0, 0.1) is 31.9 Å². The van der Waals surface area contributed by atoms with E-state index in [0.717, 1.165) is 56.5 Å². The standard InChI is InChI=1S/C38H34N3O.C18H24NSi.Ir/c1-22(2)30-18-27(26-16-15-24(5)25(6)17-26)19-31(23(3)4)36(30)41-34-13-9-8-12-33(34)40-37(41)28-20-32-29-11-7-10-14-35(29)42-38(32)39-21-28;1-14(2)11-16-12-17(15-9-7-6-8-10-15)19-13-18(16)20(3,4)5;/h7-19,21-23H,1-6H3;6-9,12-14H,11H2,1-5H3;/q2*-1;. The average Bonchev–Trinajstić information content (AvgIpc) is 3.82. The first-order valence-electron chi connectivity index (χ1n) is 22.1. The molecule has 0 saturated heterocycles. The topological polar surface area (TPSA) is 56.7 Å². The van der Waals surface area contributed by atoms with Gasteiger partial charge in [0.1, 0.15) is 0 Å². The number of hydrogen-bond acceptors (Lipinski definition) is 4. The van der Waals surface area contributed by atoms with Crippen LogP contribution in [-0.2, 0) is 26.5 Å². The molecule has 0 aliphatic carbocycles. The van der Waals surface area contributed by atoms with E-state index in [1.165, 1.54) is 49.8 Å². The van der Waals surface area contributed by atoms with E-state index < -0.39 is 8.07 Å². The van der Waals surface area contributed by atoms with Crippen LogP contribution >= 0.6 is 0 Å². The van der Waals surface area contributed by atoms with Crippen molar-refractivity contribution in [1.82, 2.24) is 19.5 Å². The molecule has 0 aliphatic heterocycles. The van der Waals surface area contributed by atoms with Gasteiger partial charge in [-0.2, -0.15) is 0 Å². The van der Waals surface area contributed by atoms with Crippen molar-refractivity contribution in [3.05, 3.63) is 162 Å². The van der Waals surface area contributed by atoms with Crippen molar-refractivity contribution in [2.75, 3.05) is 0 Å². The third kappa shape index (κ3) is 9.43. The summed E-state index contributed by atoms with van der Waals surface area (Å²) in [6.07, 6.45) is 5.08. The van der Waals surface area contributed by atoms with E-state index >= 15 is 0 Å². The van der Waals surface area contributed by atoms with E-state index in [-0.39, 0.29) is 20.1 Å². The van der Waals surface area contributed by atoms with Crippen LogP contribution < -0.4 is 5.19 Å². The van der Waals surface area contributed by atoms with Crippen molar-refractivity contribution in [1.29, 1.82) is 0 Å². The zero-order valence-corrected chi connectivity index (χ0v) is 41.9. The largest absolute Gasteiger partial charge is 0.482 e. The van der Waals surface area contributed by atoms with Gasteiger partial charge < -0.3 is 14.0 Å². The Kier molecular flexibility index (Phi) is 13.5. The quantitative estimate of drug-likeness (QED) is 0.107. The summed E-state index contributed by atoms with van der Waals surface area (Å²) in [5, 5.41) is 3.37. The smallest absolute Gasteiger partial charge is 0.151 e. The number of nitrogens with zero attached hydrogens (tertiary/aromatic N) is 4. The van der Waals surface area contributed by atoms with Crippen LogP contribution in [-0.4, -0.2) is 27.6 Å². The minimum atomic E-state index is -1.34. The minimum absolute atomic E-state index is 0. The van der Waals surface area contributed by atoms with Gasteiger partial charge in [0.2, 0.25) is 0 Å². The molecule has 1 radical (unpaired) electrons. The molecule has 7 heteroatoms. The molecule has 0 atom stereocenters. The number of para-hydroxylation sites is 3. The molecule has 0 bridgehead atoms. The molecule has 0 unspecified atom stereocenters. The Balaban J connectivity index is 0.000000239. The van der Waals surface area contributed by atoms with Crippen LogP contribution in [0.5, 0.6) is 0 Å². The monoisotopic (exact) mass is 1020 g/mol. The Morgan fingerprint density at radius 1 is 0.698 bits per heavy atom. The summed E-state index contributed by atoms with van der Waals surface area (Å²) in [6, 6.07) is 45.2. The number of fused-ring (bicyclic) bond motifs is 4. The second-order valence-electron chi connectivity index (χ2n) is 18.8. The van der Waals surface area contributed by atoms with Crippen LogP contribution in [0.15, 0.2) is 126 Å². The first-order valence-corrected chi connectivity index (χ1v) is 25.6. The van der Waals surface area contributed by atoms with Gasteiger partial charge in [0.05, 0.1) is 30.5 Å². The zero-order valence-electron chi connectivity index (χ0n) is 38.5. The number of benzene rings is 5. The van der Waals surface area contributed by atoms with Gasteiger partial charge >= 0.3 is 0 Å². The van der Waals surface area contributed by atoms with Gasteiger partial charge in [0.25, 0.3) is 0 Å². The molecule has 0 spiro atoms. The Morgan fingerprint density at radius 3 is 2.06 bits per heavy atom. The number of hydrogen-bond donors (Lipinski definition) is 0. The van der Waals surface area contributed by atoms with Gasteiger partial charge in [-0.15, -0.1) is 42.0 Å². The van der Waals surface area contributed by atoms with Crippen LogP contribution in [0.4, 0.5) is 0 Å². The second-order valence-corrected chi connectivity index (χ2v) is 23.8. The van der Waals surface area contributed by atoms with Crippen molar-refractivity contribution in [2.45, 2.75) is 93.3 Å². The number of aromatic nitrogens is 4. The summed E-state index contributed by atoms with van der Waals surface area (Å²) in [6.45, 7) is 25.2. The molecule has 0 N–H and O–H groups in total. The van der Waals surface area contributed by atoms with Crippen molar-refractivity contribution in [3.8, 4) is 39.5 Å². The van der Waals surface area contributed by atoms with Crippen LogP contribution in [0.25, 0.3) is 72.6 Å². The first-order chi connectivity index (χ1) is 29.7. The summed E-state index contributed by atoms with van der Waals surface area (Å²) in [5.74, 6) is 2.08. The Labute approximate surface area is 388 Å². The van der Waals surface area contributed by atoms with Gasteiger partial charge in [-0.3, -0.25) is 9.97 Å². The summed E-state index contributed by atoms with van der Waals surface area (Å²) in [7, 11) is -1.34. The molecule has 5 aromatic carbocycles. The molecule has 9 rings (SSSR count). The number of pyridine rings is 2. The number of rotatable bonds is 9. The number of aryl methyl sites for hydroxylation is 2. The molecule has 63 heavy (non-hydrogen) atoms. The fourth-order valence-corrected chi connectivity index (χ4v) is 10.1. The van der Waals surface area contributed by atoms with Crippen molar-refractivity contribution in [2.24, 2.45) is 5.92 Å². The Hall–Kier alpha value is -5.46. The average molecular weight is 1020 g/mol. The maximum Gasteiger partial charge on any atom is 0.151 e. The van der Waals surface area contributed by atoms with Gasteiger partial charge in [0, 0.05) is 32.0 Å². The van der Waals surface area contributed by atoms with Crippen LogP contribution in [0.1, 0.15) is 81.2 Å². The van der Waals surface area contributed by atoms with Gasteiger partial charge in [-0.25, -0.2) is 0 Å². The SMILES string of the molecule is CC(C)Cc1cc(-c2[c-]cccc2)ncc1[Si](C)(C)C.Cc1ccc(-c2cc(C(C)C)c(-n3c(-c4[c-]c5c(nc4)oc4ccccc45)nc4ccccc43)c(C(C)C)c2)cc1C.[Ir]. The molecule has 9 aromatic rings. The maximum atomic E-state index is 6.02. The molecule has 0 aliphatic rings. The Morgan fingerprint density at radius 2 is 1.40 bits per heavy atom. The summed E-state index contributed by atoms with van der Waals surface area (Å²) in [5.41, 5.74) is 16.8. The Bertz CT molecular complexity index is 3020. The van der Waals surface area contributed by atoms with E-state index in [9.17, 15) is 0 Å². The molecule has 4 heterocycles. The third-order valence-corrected chi connectivity index (χ3v) is 13.9. The van der Waals surface area contributed by atoms with Gasteiger partial charge in [0.15, 0.2) is 5.71 Å². The maximum absolute atomic E-state index is 6.02. The van der Waals surface area contributed by atoms with Crippen molar-refractivity contribution in [3.63, 3.8) is 0 Å². The molecule has 0 saturated carbocycles. The fourth-order valence-electron chi connectivity index (χ4n) is 8.47. The predicted octanol–water partition coefficient (Wildman–Crippen LogP) is 14.6. The fraction of sp³-hybridized carbons (Fsp3) is 0.268. The van der Waals surface area contributed by atoms with Crippen LogP contribution in [0.3, 0.4) is 0 Å². The molecular formula is C56H58IrN4OSi-2. The van der Waals surface area contributed by atoms with Crippen LogP contribution in [0.2, 0.25) is 19.6 Å². The van der Waals surface area contributed by atoms with Gasteiger partial charge in [-0.05, 0) is 124 Å². The molecular weight excluding hydrogens is 965 g/mol. The molecule has 5 nitrogen and oxygen atoms in total. The second kappa shape index (κ2) is 18.7. The zero-order chi connectivity index (χ0) is 43.9. The molecule has 4 aromatic heterocycles. The first kappa shape index (κ1) is 45.6. The molecule has 0 amide bonds. The summed E-state index contributed by atoms with van der Waals surface area (Å²) in [4.78, 5) is 14.6. The summed E-state index contributed by atoms with van der Waals surface area (Å²) < 4.78 is 8.36. The number of imidazole rings is 1. The molecule has 323 valence electrons. The van der Waals surface area contributed by atoms with E-state index in [4.69, 9.17) is 14.4 Å². The van der Waals surface area contributed by atoms with Crippen molar-refractivity contribution >= 4 is 46.4 Å². The van der Waals surface area contributed by atoms with E-state index in [1.54, 1.807) is 0 Å². The van der Waals surface area contributed by atoms with E-state index in [2.05, 4.69) is 170 Å². The third-order valence-electron chi connectivity index (χ3n) is 11.8. The van der Waals surface area contributed by atoms with E-state index in [0.29, 0.717) is 23.5 Å². The molecule has 0 fully saturated rings. The summed E-state index contributed by atoms with van der Waals surface area (Å²) >= 11 is 0. The van der Waals surface area contributed by atoms with E-state index in [1.807, 2.05) is 48.7 Å². The van der Waals surface area contributed by atoms with Gasteiger partial charge in [-0.1, -0.05) is 132 Å². The minimum Gasteiger partial charge on any atom is -0.482 e. The van der Waals surface area contributed by atoms with Crippen molar-refractivity contribution < 1.29 is 24.5 Å².